The number of nitrogens with one attached hydrogen (secondary N) is 2. The zero-order valence-electron chi connectivity index (χ0n) is 17.1. The van der Waals surface area contributed by atoms with Crippen LogP contribution in [-0.2, 0) is 9.59 Å². The Balaban J connectivity index is 1.57. The fourth-order valence-corrected chi connectivity index (χ4v) is 3.83. The highest BCUT2D eigenvalue weighted by molar-refractivity contribution is 6.40. The lowest BCUT2D eigenvalue weighted by Gasteiger charge is -2.10. The summed E-state index contributed by atoms with van der Waals surface area (Å²) in [6, 6.07) is 13.4. The molecule has 0 bridgehead atoms. The molecule has 1 aliphatic rings. The summed E-state index contributed by atoms with van der Waals surface area (Å²) in [5, 5.41) is 8.92. The number of anilines is 1. The molecule has 1 saturated carbocycles. The van der Waals surface area contributed by atoms with E-state index in [9.17, 15) is 9.59 Å². The van der Waals surface area contributed by atoms with E-state index in [0.717, 1.165) is 42.2 Å². The summed E-state index contributed by atoms with van der Waals surface area (Å²) < 4.78 is 0. The monoisotopic (exact) mass is 393 g/mol. The fourth-order valence-electron chi connectivity index (χ4n) is 3.83. The first-order valence-corrected chi connectivity index (χ1v) is 10.9. The minimum atomic E-state index is -0.725. The molecule has 2 aromatic rings. The van der Waals surface area contributed by atoms with Crippen LogP contribution in [0.25, 0.3) is 10.8 Å². The number of hydrogen-bond donors (Lipinski definition) is 2. The van der Waals surface area contributed by atoms with E-state index in [0.29, 0.717) is 5.69 Å². The molecule has 2 N–H and O–H groups in total. The van der Waals surface area contributed by atoms with Crippen molar-refractivity contribution in [2.75, 3.05) is 5.32 Å². The summed E-state index contributed by atoms with van der Waals surface area (Å²) in [5.74, 6) is -1.42. The van der Waals surface area contributed by atoms with E-state index >= 15 is 0 Å². The van der Waals surface area contributed by atoms with Crippen molar-refractivity contribution >= 4 is 34.0 Å². The van der Waals surface area contributed by atoms with Crippen molar-refractivity contribution in [3.05, 3.63) is 42.5 Å². The Labute approximate surface area is 173 Å². The number of nitrogens with zero attached hydrogens (tertiary/aromatic N) is 1. The third-order valence-corrected chi connectivity index (χ3v) is 5.49. The van der Waals surface area contributed by atoms with Crippen LogP contribution in [0.4, 0.5) is 5.69 Å². The van der Waals surface area contributed by atoms with Crippen molar-refractivity contribution in [3.63, 3.8) is 0 Å². The van der Waals surface area contributed by atoms with Gasteiger partial charge in [0.1, 0.15) is 0 Å². The minimum absolute atomic E-state index is 0.627. The van der Waals surface area contributed by atoms with Crippen LogP contribution < -0.4 is 10.7 Å². The molecule has 0 saturated heterocycles. The molecule has 5 heteroatoms. The molecule has 1 fully saturated rings. The van der Waals surface area contributed by atoms with E-state index in [4.69, 9.17) is 0 Å². The van der Waals surface area contributed by atoms with Gasteiger partial charge in [-0.1, -0.05) is 81.3 Å². The summed E-state index contributed by atoms with van der Waals surface area (Å²) in [7, 11) is 0. The highest BCUT2D eigenvalue weighted by atomic mass is 16.2. The number of hydrazone groups is 1. The first-order chi connectivity index (χ1) is 14.2. The summed E-state index contributed by atoms with van der Waals surface area (Å²) in [4.78, 5) is 24.6. The molecular weight excluding hydrogens is 362 g/mol. The van der Waals surface area contributed by atoms with Gasteiger partial charge in [-0.05, 0) is 37.1 Å². The fraction of sp³-hybridized carbons (Fsp3) is 0.458. The van der Waals surface area contributed by atoms with E-state index in [2.05, 4.69) is 15.8 Å². The summed E-state index contributed by atoms with van der Waals surface area (Å²) in [6.45, 7) is 0. The Hall–Kier alpha value is -2.69. The third kappa shape index (κ3) is 6.70. The number of amides is 2. The zero-order chi connectivity index (χ0) is 20.3. The number of rotatable bonds is 2. The van der Waals surface area contributed by atoms with Crippen molar-refractivity contribution in [3.8, 4) is 0 Å². The largest absolute Gasteiger partial charge is 0.329 e. The topological polar surface area (TPSA) is 70.6 Å². The summed E-state index contributed by atoms with van der Waals surface area (Å²) >= 11 is 0. The van der Waals surface area contributed by atoms with Gasteiger partial charge in [0.25, 0.3) is 0 Å². The van der Waals surface area contributed by atoms with Crippen molar-refractivity contribution in [1.29, 1.82) is 0 Å². The predicted octanol–water partition coefficient (Wildman–Crippen LogP) is 5.56. The molecule has 5 nitrogen and oxygen atoms in total. The average molecular weight is 394 g/mol. The molecule has 3 rings (SSSR count). The van der Waals surface area contributed by atoms with E-state index in [1.165, 1.54) is 44.9 Å². The lowest BCUT2D eigenvalue weighted by Crippen LogP contribution is -2.33. The standard InChI is InChI=1S/C24H31N3O2/c28-23(25-22-18-12-14-19-13-10-11-17-21(19)22)24(29)27-26-20-15-8-6-4-2-1-3-5-7-9-16-20/h10-14,17-18H,1-9,15-16H2,(H,25,28)(H,27,29). The Bertz CT molecular complexity index is 841. The van der Waals surface area contributed by atoms with Crippen LogP contribution in [0.1, 0.15) is 70.6 Å². The third-order valence-electron chi connectivity index (χ3n) is 5.49. The van der Waals surface area contributed by atoms with E-state index in [1.54, 1.807) is 6.07 Å². The Morgan fingerprint density at radius 3 is 1.97 bits per heavy atom. The molecule has 154 valence electrons. The number of benzene rings is 2. The van der Waals surface area contributed by atoms with E-state index in [-0.39, 0.29) is 0 Å². The highest BCUT2D eigenvalue weighted by Crippen LogP contribution is 2.22. The number of fused-ring (bicyclic) bond motifs is 1. The Morgan fingerprint density at radius 1 is 0.690 bits per heavy atom. The summed E-state index contributed by atoms with van der Waals surface area (Å²) in [6.07, 6.45) is 12.9. The van der Waals surface area contributed by atoms with Crippen LogP contribution in [0, 0.1) is 0 Å². The molecule has 0 heterocycles. The SMILES string of the molecule is O=C(NN=C1CCCCCCCCCCC1)C(=O)Nc1cccc2ccccc12. The Kier molecular flexibility index (Phi) is 8.23. The van der Waals surface area contributed by atoms with Crippen LogP contribution >= 0.6 is 0 Å². The lowest BCUT2D eigenvalue weighted by molar-refractivity contribution is -0.136. The van der Waals surface area contributed by atoms with Gasteiger partial charge < -0.3 is 5.32 Å². The number of hydrogen-bond acceptors (Lipinski definition) is 3. The van der Waals surface area contributed by atoms with Gasteiger partial charge in [-0.15, -0.1) is 0 Å². The molecular formula is C24H31N3O2. The molecule has 29 heavy (non-hydrogen) atoms. The molecule has 0 radical (unpaired) electrons. The Morgan fingerprint density at radius 2 is 1.28 bits per heavy atom. The number of carbonyl (C=O) groups is 2. The van der Waals surface area contributed by atoms with Gasteiger partial charge in [0.2, 0.25) is 0 Å². The quantitative estimate of drug-likeness (QED) is 0.518. The second-order valence-corrected chi connectivity index (χ2v) is 7.78. The maximum atomic E-state index is 12.3. The molecule has 0 spiro atoms. The normalized spacial score (nSPS) is 16.3. The molecule has 1 aliphatic carbocycles. The second kappa shape index (κ2) is 11.3. The minimum Gasteiger partial charge on any atom is -0.317 e. The molecule has 0 atom stereocenters. The van der Waals surface area contributed by atoms with E-state index in [1.807, 2.05) is 36.4 Å². The molecule has 0 unspecified atom stereocenters. The van der Waals surface area contributed by atoms with Crippen molar-refractivity contribution in [2.24, 2.45) is 5.10 Å². The van der Waals surface area contributed by atoms with Crippen molar-refractivity contribution < 1.29 is 9.59 Å². The zero-order valence-corrected chi connectivity index (χ0v) is 17.1. The van der Waals surface area contributed by atoms with Crippen LogP contribution in [0.2, 0.25) is 0 Å². The van der Waals surface area contributed by atoms with Crippen molar-refractivity contribution in [2.45, 2.75) is 70.6 Å². The van der Waals surface area contributed by atoms with Gasteiger partial charge in [0.05, 0.1) is 0 Å². The van der Waals surface area contributed by atoms with Crippen LogP contribution in [0.5, 0.6) is 0 Å². The van der Waals surface area contributed by atoms with Gasteiger partial charge in [0.15, 0.2) is 0 Å². The average Bonchev–Trinajstić information content (AvgIpc) is 2.73. The van der Waals surface area contributed by atoms with Gasteiger partial charge >= 0.3 is 11.8 Å². The molecule has 2 amide bonds. The van der Waals surface area contributed by atoms with Gasteiger partial charge in [-0.2, -0.15) is 5.10 Å². The smallest absolute Gasteiger partial charge is 0.317 e. The molecule has 2 aromatic carbocycles. The lowest BCUT2D eigenvalue weighted by atomic mass is 10.00. The first kappa shape index (κ1) is 21.0. The van der Waals surface area contributed by atoms with Crippen LogP contribution in [0.15, 0.2) is 47.6 Å². The number of carbonyl (C=O) groups excluding carboxylic acids is 2. The van der Waals surface area contributed by atoms with Crippen LogP contribution in [0.3, 0.4) is 0 Å². The van der Waals surface area contributed by atoms with Crippen molar-refractivity contribution in [1.82, 2.24) is 5.43 Å². The highest BCUT2D eigenvalue weighted by Gasteiger charge is 2.15. The second-order valence-electron chi connectivity index (χ2n) is 7.78. The van der Waals surface area contributed by atoms with E-state index < -0.39 is 11.8 Å². The maximum absolute atomic E-state index is 12.3. The van der Waals surface area contributed by atoms with Gasteiger partial charge in [-0.3, -0.25) is 9.59 Å². The first-order valence-electron chi connectivity index (χ1n) is 10.9. The van der Waals surface area contributed by atoms with Gasteiger partial charge in [0, 0.05) is 16.8 Å². The molecule has 0 aliphatic heterocycles. The maximum Gasteiger partial charge on any atom is 0.329 e. The molecule has 0 aromatic heterocycles. The van der Waals surface area contributed by atoms with Gasteiger partial charge in [-0.25, -0.2) is 5.43 Å². The summed E-state index contributed by atoms with van der Waals surface area (Å²) in [5.41, 5.74) is 4.09. The predicted molar refractivity (Wildman–Crippen MR) is 119 cm³/mol. The van der Waals surface area contributed by atoms with Crippen LogP contribution in [-0.4, -0.2) is 17.5 Å².